The van der Waals surface area contributed by atoms with E-state index < -0.39 is 0 Å². The number of rotatable bonds is 1. The Morgan fingerprint density at radius 1 is 1.00 bits per heavy atom. The van der Waals surface area contributed by atoms with Crippen LogP contribution in [0.2, 0.25) is 0 Å². The highest BCUT2D eigenvalue weighted by Gasteiger charge is 2.24. The first-order valence-electron chi connectivity index (χ1n) is 6.84. The van der Waals surface area contributed by atoms with Crippen molar-refractivity contribution >= 4 is 33.0 Å². The fourth-order valence-electron chi connectivity index (χ4n) is 2.83. The predicted octanol–water partition coefficient (Wildman–Crippen LogP) is 2.60. The molecule has 0 atom stereocenters. The molecule has 0 saturated heterocycles. The largest absolute Gasteiger partial charge is 0.239 e. The Kier molecular flexibility index (Phi) is 2.86. The maximum atomic E-state index is 11.5. The van der Waals surface area contributed by atoms with Crippen LogP contribution in [-0.2, 0) is 17.7 Å². The lowest BCUT2D eigenvalue weighted by atomic mass is 10.0. The molecule has 0 fully saturated rings. The van der Waals surface area contributed by atoms with E-state index in [-0.39, 0.29) is 0 Å². The van der Waals surface area contributed by atoms with E-state index in [1.54, 1.807) is 6.33 Å². The van der Waals surface area contributed by atoms with Crippen molar-refractivity contribution in [3.63, 3.8) is 0 Å². The second-order valence-corrected chi connectivity index (χ2v) is 5.63. The van der Waals surface area contributed by atoms with Crippen LogP contribution in [0.4, 0.5) is 5.69 Å². The summed E-state index contributed by atoms with van der Waals surface area (Å²) in [5.41, 5.74) is 4.25. The molecule has 5 heteroatoms. The highest BCUT2D eigenvalue weighted by molar-refractivity contribution is 7.66. The van der Waals surface area contributed by atoms with E-state index in [1.165, 1.54) is 5.56 Å². The minimum Gasteiger partial charge on any atom is -0.239 e. The predicted molar refractivity (Wildman–Crippen MR) is 85.5 cm³/mol. The van der Waals surface area contributed by atoms with Crippen molar-refractivity contribution in [2.24, 2.45) is 0 Å². The van der Waals surface area contributed by atoms with Crippen molar-refractivity contribution in [2.75, 3.05) is 5.01 Å². The maximum absolute atomic E-state index is 11.5. The maximum Gasteiger partial charge on any atom is 0.134 e. The number of aromatic nitrogens is 2. The molecule has 4 nitrogen and oxygen atoms in total. The highest BCUT2D eigenvalue weighted by Crippen LogP contribution is 2.29. The monoisotopic (exact) mass is 295 g/mol. The first kappa shape index (κ1) is 12.3. The second-order valence-electron chi connectivity index (χ2n) is 5.00. The molecule has 1 aromatic heterocycles. The number of imidazole rings is 1. The molecule has 0 saturated carbocycles. The van der Waals surface area contributed by atoms with Crippen LogP contribution >= 0.6 is 0 Å². The molecule has 0 aliphatic carbocycles. The van der Waals surface area contributed by atoms with E-state index in [9.17, 15) is 4.21 Å². The van der Waals surface area contributed by atoms with Gasteiger partial charge in [-0.2, -0.15) is 0 Å². The molecule has 0 unspecified atom stereocenters. The summed E-state index contributed by atoms with van der Waals surface area (Å²) in [5.74, 6) is 0. The van der Waals surface area contributed by atoms with Crippen molar-refractivity contribution in [3.8, 4) is 0 Å². The summed E-state index contributed by atoms with van der Waals surface area (Å²) in [6.07, 6.45) is 3.45. The summed E-state index contributed by atoms with van der Waals surface area (Å²) in [7, 11) is 0. The highest BCUT2D eigenvalue weighted by atomic mass is 32.1. The zero-order valence-electron chi connectivity index (χ0n) is 11.3. The number of hydrogen-bond acceptors (Lipinski definition) is 2. The van der Waals surface area contributed by atoms with Gasteiger partial charge in [-0.25, -0.2) is 18.9 Å². The summed E-state index contributed by atoms with van der Waals surface area (Å²) in [5, 5.41) is 1.99. The average Bonchev–Trinajstić information content (AvgIpc) is 2.97. The van der Waals surface area contributed by atoms with Gasteiger partial charge in [0, 0.05) is 6.42 Å². The first-order valence-corrected chi connectivity index (χ1v) is 7.59. The van der Waals surface area contributed by atoms with Crippen molar-refractivity contribution in [1.29, 1.82) is 0 Å². The number of benzene rings is 2. The number of aryl methyl sites for hydroxylation is 1. The molecule has 2 heterocycles. The zero-order valence-corrected chi connectivity index (χ0v) is 12.1. The molecule has 4 rings (SSSR count). The van der Waals surface area contributed by atoms with Crippen LogP contribution in [-0.4, -0.2) is 18.9 Å². The van der Waals surface area contributed by atoms with Crippen molar-refractivity contribution in [3.05, 3.63) is 60.4 Å². The molecule has 21 heavy (non-hydrogen) atoms. The Balaban J connectivity index is 1.99. The van der Waals surface area contributed by atoms with Gasteiger partial charge in [-0.15, -0.1) is 0 Å². The topological polar surface area (TPSA) is 38.1 Å². The molecule has 2 aromatic carbocycles. The van der Waals surface area contributed by atoms with Gasteiger partial charge in [-0.3, -0.25) is 0 Å². The number of hydrogen-bond donors (Lipinski definition) is 0. The minimum atomic E-state index is 0.568. The van der Waals surface area contributed by atoms with E-state index in [0.717, 1.165) is 34.6 Å². The molecule has 0 bridgehead atoms. The third-order valence-corrected chi connectivity index (χ3v) is 4.38. The zero-order chi connectivity index (χ0) is 14.2. The van der Waals surface area contributed by atoms with Gasteiger partial charge in [-0.1, -0.05) is 30.3 Å². The van der Waals surface area contributed by atoms with Crippen molar-refractivity contribution in [2.45, 2.75) is 12.8 Å². The summed E-state index contributed by atoms with van der Waals surface area (Å²) in [6.45, 7) is 0. The van der Waals surface area contributed by atoms with Gasteiger partial charge >= 0.3 is 0 Å². The normalized spacial score (nSPS) is 14.3. The Morgan fingerprint density at radius 2 is 1.81 bits per heavy atom. The van der Waals surface area contributed by atoms with Gasteiger partial charge in [0.05, 0.1) is 16.7 Å². The summed E-state index contributed by atoms with van der Waals surface area (Å²) < 4.78 is 13.5. The lowest BCUT2D eigenvalue weighted by Crippen LogP contribution is -2.39. The van der Waals surface area contributed by atoms with Crippen LogP contribution in [0.3, 0.4) is 0 Å². The Labute approximate surface area is 125 Å². The van der Waals surface area contributed by atoms with E-state index >= 15 is 0 Å². The smallest absolute Gasteiger partial charge is 0.134 e. The first-order chi connectivity index (χ1) is 10.4. The molecular formula is C16H13N3OS. The molecule has 0 amide bonds. The van der Waals surface area contributed by atoms with Gasteiger partial charge in [0.15, 0.2) is 0 Å². The van der Waals surface area contributed by atoms with Gasteiger partial charge in [-0.05, 0) is 30.2 Å². The third-order valence-electron chi connectivity index (χ3n) is 3.81. The molecule has 0 radical (unpaired) electrons. The number of anilines is 1. The minimum absolute atomic E-state index is 0.568. The van der Waals surface area contributed by atoms with E-state index in [2.05, 4.69) is 17.1 Å². The quantitative estimate of drug-likeness (QED) is 0.648. The summed E-state index contributed by atoms with van der Waals surface area (Å²) in [6, 6.07) is 16.2. The van der Waals surface area contributed by atoms with E-state index in [1.807, 2.05) is 46.1 Å². The van der Waals surface area contributed by atoms with E-state index in [0.29, 0.717) is 11.3 Å². The average molecular weight is 295 g/mol. The molecule has 0 spiro atoms. The SMILES string of the molecule is O=S=C1CCc2ccccc2N1n1cnc2ccccc21. The molecule has 3 aromatic rings. The third kappa shape index (κ3) is 1.89. The molecular weight excluding hydrogens is 282 g/mol. The number of nitrogens with zero attached hydrogens (tertiary/aromatic N) is 3. The Bertz CT molecular complexity index is 880. The van der Waals surface area contributed by atoms with Gasteiger partial charge in [0.2, 0.25) is 0 Å². The van der Waals surface area contributed by atoms with E-state index in [4.69, 9.17) is 0 Å². The molecule has 104 valence electrons. The van der Waals surface area contributed by atoms with Crippen LogP contribution in [0.25, 0.3) is 11.0 Å². The Hall–Kier alpha value is -2.40. The molecule has 0 N–H and O–H groups in total. The van der Waals surface area contributed by atoms with Crippen LogP contribution in [0.1, 0.15) is 12.0 Å². The molecule has 1 aliphatic rings. The lowest BCUT2D eigenvalue weighted by molar-refractivity contribution is 0.699. The fraction of sp³-hybridized carbons (Fsp3) is 0.125. The van der Waals surface area contributed by atoms with Crippen molar-refractivity contribution in [1.82, 2.24) is 9.66 Å². The number of para-hydroxylation sites is 3. The summed E-state index contributed by atoms with van der Waals surface area (Å²) >= 11 is 0.568. The second kappa shape index (κ2) is 4.86. The lowest BCUT2D eigenvalue weighted by Gasteiger charge is -2.32. The van der Waals surface area contributed by atoms with Crippen LogP contribution in [0.5, 0.6) is 0 Å². The van der Waals surface area contributed by atoms with Crippen LogP contribution in [0.15, 0.2) is 54.9 Å². The van der Waals surface area contributed by atoms with Gasteiger partial charge < -0.3 is 0 Å². The summed E-state index contributed by atoms with van der Waals surface area (Å²) in [4.78, 5) is 5.23. The van der Waals surface area contributed by atoms with Gasteiger partial charge in [0.25, 0.3) is 0 Å². The number of fused-ring (bicyclic) bond motifs is 2. The van der Waals surface area contributed by atoms with Crippen LogP contribution < -0.4 is 5.01 Å². The van der Waals surface area contributed by atoms with Crippen LogP contribution in [0, 0.1) is 0 Å². The van der Waals surface area contributed by atoms with Crippen molar-refractivity contribution < 1.29 is 4.21 Å². The molecule has 1 aliphatic heterocycles. The Morgan fingerprint density at radius 3 is 2.71 bits per heavy atom. The fourth-order valence-corrected chi connectivity index (χ4v) is 3.27. The standard InChI is InChI=1S/C16H13N3OS/c20-21-16-10-9-12-5-1-3-7-14(12)19(16)18-11-17-13-6-2-4-8-15(13)18/h1-8,11H,9-10H2. The van der Waals surface area contributed by atoms with Gasteiger partial charge in [0.1, 0.15) is 22.6 Å².